The molecule has 18 heavy (non-hydrogen) atoms. The summed E-state index contributed by atoms with van der Waals surface area (Å²) < 4.78 is 7.24. The number of nitrogens with one attached hydrogen (secondary N) is 1. The predicted molar refractivity (Wildman–Crippen MR) is 68.7 cm³/mol. The number of ether oxygens (including phenoxy) is 1. The molecule has 1 N–H and O–H groups in total. The summed E-state index contributed by atoms with van der Waals surface area (Å²) in [7, 11) is 0. The summed E-state index contributed by atoms with van der Waals surface area (Å²) in [5, 5.41) is 17.2. The average Bonchev–Trinajstić information content (AvgIpc) is 3.03. The van der Waals surface area contributed by atoms with Gasteiger partial charge in [-0.3, -0.25) is 0 Å². The molecule has 1 fully saturated rings. The van der Waals surface area contributed by atoms with Gasteiger partial charge in [0.1, 0.15) is 5.01 Å². The van der Waals surface area contributed by atoms with Gasteiger partial charge in [0.2, 0.25) is 4.96 Å². The van der Waals surface area contributed by atoms with Gasteiger partial charge in [-0.2, -0.15) is 9.61 Å². The van der Waals surface area contributed by atoms with Crippen LogP contribution in [0.3, 0.4) is 0 Å². The Bertz CT molecular complexity index is 543. The van der Waals surface area contributed by atoms with E-state index in [4.69, 9.17) is 4.74 Å². The number of fused-ring (bicyclic) bond motifs is 1. The third-order valence-electron chi connectivity index (χ3n) is 2.92. The average molecular weight is 265 g/mol. The zero-order chi connectivity index (χ0) is 12.4. The molecule has 3 heterocycles. The maximum absolute atomic E-state index is 5.39. The first-order valence-corrected chi connectivity index (χ1v) is 6.80. The van der Waals surface area contributed by atoms with Crippen LogP contribution in [-0.4, -0.2) is 39.6 Å². The van der Waals surface area contributed by atoms with E-state index < -0.39 is 0 Å². The molecule has 1 aliphatic heterocycles. The number of nitrogens with zero attached hydrogens (tertiary/aromatic N) is 4. The van der Waals surface area contributed by atoms with Gasteiger partial charge in [-0.05, 0) is 6.42 Å². The second-order valence-corrected chi connectivity index (χ2v) is 5.27. The summed E-state index contributed by atoms with van der Waals surface area (Å²) in [4.78, 5) is 0.854. The Labute approximate surface area is 109 Å². The summed E-state index contributed by atoms with van der Waals surface area (Å²) >= 11 is 1.57. The molecule has 2 aromatic rings. The summed E-state index contributed by atoms with van der Waals surface area (Å²) in [5.74, 6) is 1.25. The summed E-state index contributed by atoms with van der Waals surface area (Å²) in [6.07, 6.45) is 2.84. The van der Waals surface area contributed by atoms with E-state index in [1.54, 1.807) is 11.3 Å². The second kappa shape index (κ2) is 5.13. The SMILES string of the molecule is C=CCNCc1nn2c(C3CCOC3)nnc2s1. The molecule has 96 valence electrons. The minimum Gasteiger partial charge on any atom is -0.381 e. The van der Waals surface area contributed by atoms with Gasteiger partial charge in [-0.1, -0.05) is 17.4 Å². The molecule has 0 spiro atoms. The van der Waals surface area contributed by atoms with E-state index in [1.807, 2.05) is 10.6 Å². The van der Waals surface area contributed by atoms with E-state index in [0.29, 0.717) is 5.92 Å². The van der Waals surface area contributed by atoms with Crippen LogP contribution in [0.25, 0.3) is 4.96 Å². The highest BCUT2D eigenvalue weighted by molar-refractivity contribution is 7.16. The highest BCUT2D eigenvalue weighted by Gasteiger charge is 2.24. The van der Waals surface area contributed by atoms with Gasteiger partial charge in [-0.15, -0.1) is 16.8 Å². The largest absolute Gasteiger partial charge is 0.381 e. The van der Waals surface area contributed by atoms with Crippen molar-refractivity contribution in [3.05, 3.63) is 23.5 Å². The second-order valence-electron chi connectivity index (χ2n) is 4.23. The van der Waals surface area contributed by atoms with Crippen LogP contribution in [0.1, 0.15) is 23.2 Å². The Morgan fingerprint density at radius 1 is 1.56 bits per heavy atom. The van der Waals surface area contributed by atoms with E-state index in [2.05, 4.69) is 27.2 Å². The Kier molecular flexibility index (Phi) is 3.35. The lowest BCUT2D eigenvalue weighted by Crippen LogP contribution is -2.13. The van der Waals surface area contributed by atoms with Crippen LogP contribution in [0.2, 0.25) is 0 Å². The van der Waals surface area contributed by atoms with Crippen LogP contribution >= 0.6 is 11.3 Å². The quantitative estimate of drug-likeness (QED) is 0.644. The van der Waals surface area contributed by atoms with Gasteiger partial charge >= 0.3 is 0 Å². The molecule has 2 aromatic heterocycles. The van der Waals surface area contributed by atoms with Crippen molar-refractivity contribution in [3.63, 3.8) is 0 Å². The molecule has 3 rings (SSSR count). The fraction of sp³-hybridized carbons (Fsp3) is 0.545. The van der Waals surface area contributed by atoms with E-state index in [-0.39, 0.29) is 0 Å². The molecule has 0 aliphatic carbocycles. The van der Waals surface area contributed by atoms with Crippen molar-refractivity contribution < 1.29 is 4.74 Å². The maximum atomic E-state index is 5.39. The Balaban J connectivity index is 1.81. The predicted octanol–water partition coefficient (Wildman–Crippen LogP) is 0.965. The summed E-state index contributed by atoms with van der Waals surface area (Å²) in [5.41, 5.74) is 0. The van der Waals surface area contributed by atoms with Crippen LogP contribution in [0.5, 0.6) is 0 Å². The number of aromatic nitrogens is 4. The number of hydrogen-bond acceptors (Lipinski definition) is 6. The van der Waals surface area contributed by atoms with Crippen LogP contribution in [0.4, 0.5) is 0 Å². The molecule has 0 bridgehead atoms. The van der Waals surface area contributed by atoms with Gasteiger partial charge in [0.05, 0.1) is 6.61 Å². The molecular formula is C11H15N5OS. The Morgan fingerprint density at radius 2 is 2.50 bits per heavy atom. The van der Waals surface area contributed by atoms with Crippen molar-refractivity contribution in [1.29, 1.82) is 0 Å². The van der Waals surface area contributed by atoms with E-state index >= 15 is 0 Å². The lowest BCUT2D eigenvalue weighted by atomic mass is 10.1. The van der Waals surface area contributed by atoms with Crippen LogP contribution in [0.15, 0.2) is 12.7 Å². The highest BCUT2D eigenvalue weighted by atomic mass is 32.1. The first-order valence-electron chi connectivity index (χ1n) is 5.99. The molecule has 0 amide bonds. The monoisotopic (exact) mass is 265 g/mol. The molecule has 6 nitrogen and oxygen atoms in total. The van der Waals surface area contributed by atoms with Crippen molar-refractivity contribution in [2.45, 2.75) is 18.9 Å². The van der Waals surface area contributed by atoms with Crippen molar-refractivity contribution >= 4 is 16.3 Å². The molecule has 7 heteroatoms. The summed E-state index contributed by atoms with van der Waals surface area (Å²) in [6.45, 7) is 6.72. The van der Waals surface area contributed by atoms with Crippen LogP contribution < -0.4 is 5.32 Å². The van der Waals surface area contributed by atoms with E-state index in [9.17, 15) is 0 Å². The van der Waals surface area contributed by atoms with Crippen molar-refractivity contribution in [1.82, 2.24) is 25.1 Å². The number of hydrogen-bond donors (Lipinski definition) is 1. The van der Waals surface area contributed by atoms with Gasteiger partial charge < -0.3 is 10.1 Å². The van der Waals surface area contributed by atoms with Crippen molar-refractivity contribution in [2.24, 2.45) is 0 Å². The molecule has 1 saturated heterocycles. The zero-order valence-corrected chi connectivity index (χ0v) is 10.8. The molecule has 0 radical (unpaired) electrons. The van der Waals surface area contributed by atoms with Crippen molar-refractivity contribution in [2.75, 3.05) is 19.8 Å². The third-order valence-corrected chi connectivity index (χ3v) is 3.82. The Morgan fingerprint density at radius 3 is 3.28 bits per heavy atom. The molecular weight excluding hydrogens is 250 g/mol. The molecule has 1 aliphatic rings. The lowest BCUT2D eigenvalue weighted by molar-refractivity contribution is 0.193. The van der Waals surface area contributed by atoms with Gasteiger partial charge in [0.15, 0.2) is 5.82 Å². The lowest BCUT2D eigenvalue weighted by Gasteiger charge is -2.01. The van der Waals surface area contributed by atoms with Crippen LogP contribution in [-0.2, 0) is 11.3 Å². The van der Waals surface area contributed by atoms with E-state index in [1.165, 1.54) is 0 Å². The zero-order valence-electron chi connectivity index (χ0n) is 10.0. The number of rotatable bonds is 5. The minimum absolute atomic E-state index is 0.330. The maximum Gasteiger partial charge on any atom is 0.234 e. The topological polar surface area (TPSA) is 64.3 Å². The fourth-order valence-electron chi connectivity index (χ4n) is 2.02. The van der Waals surface area contributed by atoms with Gasteiger partial charge in [0, 0.05) is 25.6 Å². The minimum atomic E-state index is 0.330. The smallest absolute Gasteiger partial charge is 0.234 e. The van der Waals surface area contributed by atoms with E-state index in [0.717, 1.165) is 48.5 Å². The molecule has 1 atom stereocenters. The third kappa shape index (κ3) is 2.16. The molecule has 0 saturated carbocycles. The van der Waals surface area contributed by atoms with Gasteiger partial charge in [0.25, 0.3) is 0 Å². The Hall–Kier alpha value is -1.31. The molecule has 0 aromatic carbocycles. The highest BCUT2D eigenvalue weighted by Crippen LogP contribution is 2.25. The summed E-state index contributed by atoms with van der Waals surface area (Å²) in [6, 6.07) is 0. The standard InChI is InChI=1S/C11H15N5OS/c1-2-4-12-6-9-15-16-10(8-3-5-17-7-8)13-14-11(16)18-9/h2,8,12H,1,3-7H2. The first-order chi connectivity index (χ1) is 8.88. The normalized spacial score (nSPS) is 19.7. The molecule has 1 unspecified atom stereocenters. The first kappa shape index (κ1) is 11.8. The van der Waals surface area contributed by atoms with Crippen molar-refractivity contribution in [3.8, 4) is 0 Å². The van der Waals surface area contributed by atoms with Gasteiger partial charge in [-0.25, -0.2) is 0 Å². The van der Waals surface area contributed by atoms with Crippen LogP contribution in [0, 0.1) is 0 Å². The fourth-order valence-corrected chi connectivity index (χ4v) is 2.83.